The Hall–Kier alpha value is -3.01. The highest BCUT2D eigenvalue weighted by Gasteiger charge is 2.37. The molecule has 7 heteroatoms. The van der Waals surface area contributed by atoms with E-state index in [1.807, 2.05) is 42.5 Å². The monoisotopic (exact) mass is 449 g/mol. The quantitative estimate of drug-likeness (QED) is 0.660. The molecule has 1 aliphatic heterocycles. The van der Waals surface area contributed by atoms with E-state index in [9.17, 15) is 14.9 Å². The lowest BCUT2D eigenvalue weighted by molar-refractivity contribution is -0.116. The summed E-state index contributed by atoms with van der Waals surface area (Å²) in [4.78, 5) is 25.2. The van der Waals surface area contributed by atoms with E-state index in [1.54, 1.807) is 12.1 Å². The van der Waals surface area contributed by atoms with E-state index in [-0.39, 0.29) is 17.4 Å². The molecular weight excluding hydrogens is 430 g/mol. The van der Waals surface area contributed by atoms with Crippen molar-refractivity contribution in [2.45, 2.75) is 25.2 Å². The molecule has 1 amide bonds. The minimum absolute atomic E-state index is 0.0623. The van der Waals surface area contributed by atoms with Gasteiger partial charge in [0.2, 0.25) is 5.91 Å². The lowest BCUT2D eigenvalue weighted by atomic mass is 9.77. The molecule has 2 aliphatic rings. The molecule has 1 atom stereocenters. The van der Waals surface area contributed by atoms with Crippen LogP contribution >= 0.6 is 23.4 Å². The van der Waals surface area contributed by atoms with Gasteiger partial charge in [0.05, 0.1) is 28.3 Å². The number of dihydropyridines is 1. The average molecular weight is 450 g/mol. The number of rotatable bonds is 5. The maximum absolute atomic E-state index is 12.8. The van der Waals surface area contributed by atoms with Gasteiger partial charge in [-0.3, -0.25) is 9.59 Å². The number of carbonyl (C=O) groups is 2. The van der Waals surface area contributed by atoms with Crippen LogP contribution in [0, 0.1) is 11.3 Å². The van der Waals surface area contributed by atoms with Gasteiger partial charge >= 0.3 is 0 Å². The first-order valence-electron chi connectivity index (χ1n) is 9.97. The SMILES string of the molecule is N#CC1=C(SCC(=O)Nc2ccccc2)NC2=C(C(=O)CCC2)[C@H]1c1ccc(Cl)cc1. The maximum Gasteiger partial charge on any atom is 0.234 e. The van der Waals surface area contributed by atoms with Gasteiger partial charge < -0.3 is 10.6 Å². The van der Waals surface area contributed by atoms with Crippen molar-refractivity contribution in [1.82, 2.24) is 5.32 Å². The number of halogens is 1. The summed E-state index contributed by atoms with van der Waals surface area (Å²) >= 11 is 7.33. The zero-order valence-electron chi connectivity index (χ0n) is 16.7. The number of benzene rings is 2. The van der Waals surface area contributed by atoms with E-state index >= 15 is 0 Å². The van der Waals surface area contributed by atoms with E-state index in [0.717, 1.165) is 29.8 Å². The van der Waals surface area contributed by atoms with E-state index in [1.165, 1.54) is 11.8 Å². The molecule has 156 valence electrons. The second-order valence-electron chi connectivity index (χ2n) is 7.34. The molecule has 0 bridgehead atoms. The standard InChI is InChI=1S/C24H20ClN3O2S/c25-16-11-9-15(10-12-16)22-18(13-26)24(28-19-7-4-8-20(29)23(19)22)31-14-21(30)27-17-5-2-1-3-6-17/h1-3,5-6,9-12,22,28H,4,7-8,14H2,(H,27,30)/t22-/m0/s1. The van der Waals surface area contributed by atoms with Crippen molar-refractivity contribution < 1.29 is 9.59 Å². The topological polar surface area (TPSA) is 82.0 Å². The molecule has 5 nitrogen and oxygen atoms in total. The third kappa shape index (κ3) is 4.68. The summed E-state index contributed by atoms with van der Waals surface area (Å²) in [5.41, 5.74) is 3.52. The summed E-state index contributed by atoms with van der Waals surface area (Å²) in [6.45, 7) is 0. The fourth-order valence-corrected chi connectivity index (χ4v) is 4.87. The number of amides is 1. The molecule has 1 aliphatic carbocycles. The van der Waals surface area contributed by atoms with Crippen molar-refractivity contribution in [2.75, 3.05) is 11.1 Å². The van der Waals surface area contributed by atoms with Gasteiger partial charge in [0.15, 0.2) is 5.78 Å². The number of nitrogens with zero attached hydrogens (tertiary/aromatic N) is 1. The van der Waals surface area contributed by atoms with Gasteiger partial charge in [-0.25, -0.2) is 0 Å². The van der Waals surface area contributed by atoms with Gasteiger partial charge in [0.25, 0.3) is 0 Å². The normalized spacial score (nSPS) is 18.2. The second-order valence-corrected chi connectivity index (χ2v) is 8.76. The Kier molecular flexibility index (Phi) is 6.45. The highest BCUT2D eigenvalue weighted by molar-refractivity contribution is 8.03. The lowest BCUT2D eigenvalue weighted by Crippen LogP contribution is -2.31. The Labute approximate surface area is 190 Å². The Morgan fingerprint density at radius 1 is 1.16 bits per heavy atom. The molecule has 0 unspecified atom stereocenters. The first-order valence-corrected chi connectivity index (χ1v) is 11.3. The van der Waals surface area contributed by atoms with Crippen LogP contribution in [-0.4, -0.2) is 17.4 Å². The molecule has 0 saturated carbocycles. The van der Waals surface area contributed by atoms with Gasteiger partial charge in [-0.05, 0) is 42.7 Å². The van der Waals surface area contributed by atoms with Crippen LogP contribution in [0.4, 0.5) is 5.69 Å². The third-order valence-electron chi connectivity index (χ3n) is 5.27. The number of hydrogen-bond acceptors (Lipinski definition) is 5. The number of hydrogen-bond donors (Lipinski definition) is 2. The lowest BCUT2D eigenvalue weighted by Gasteiger charge is -2.33. The second kappa shape index (κ2) is 9.42. The fourth-order valence-electron chi connectivity index (χ4n) is 3.88. The van der Waals surface area contributed by atoms with Gasteiger partial charge in [-0.1, -0.05) is 53.7 Å². The van der Waals surface area contributed by atoms with Gasteiger partial charge in [-0.15, -0.1) is 0 Å². The van der Waals surface area contributed by atoms with E-state index in [2.05, 4.69) is 16.7 Å². The predicted octanol–water partition coefficient (Wildman–Crippen LogP) is 5.14. The van der Waals surface area contributed by atoms with Crippen LogP contribution in [0.5, 0.6) is 0 Å². The smallest absolute Gasteiger partial charge is 0.234 e. The van der Waals surface area contributed by atoms with Crippen LogP contribution in [0.2, 0.25) is 5.02 Å². The number of Topliss-reactive ketones (excluding diaryl/α,β-unsaturated/α-hetero) is 1. The number of nitriles is 1. The van der Waals surface area contributed by atoms with Gasteiger partial charge in [0.1, 0.15) is 0 Å². The summed E-state index contributed by atoms with van der Waals surface area (Å²) in [6, 6.07) is 18.8. The van der Waals surface area contributed by atoms with Gasteiger partial charge in [-0.2, -0.15) is 5.26 Å². The first-order chi connectivity index (χ1) is 15.1. The van der Waals surface area contributed by atoms with Crippen LogP contribution < -0.4 is 10.6 Å². The molecule has 1 heterocycles. The zero-order valence-corrected chi connectivity index (χ0v) is 18.2. The van der Waals surface area contributed by atoms with Crippen molar-refractivity contribution in [1.29, 1.82) is 5.26 Å². The number of carbonyl (C=O) groups excluding carboxylic acids is 2. The number of ketones is 1. The summed E-state index contributed by atoms with van der Waals surface area (Å²) in [5.74, 6) is -0.407. The molecular formula is C24H20ClN3O2S. The van der Waals surface area contributed by atoms with Gasteiger partial charge in [0, 0.05) is 28.4 Å². The Balaban J connectivity index is 1.62. The molecule has 2 N–H and O–H groups in total. The third-order valence-corrected chi connectivity index (χ3v) is 6.54. The summed E-state index contributed by atoms with van der Waals surface area (Å²) < 4.78 is 0. The number of nitrogens with one attached hydrogen (secondary N) is 2. The number of para-hydroxylation sites is 1. The molecule has 4 rings (SSSR count). The number of allylic oxidation sites excluding steroid dienone is 3. The molecule has 31 heavy (non-hydrogen) atoms. The summed E-state index contributed by atoms with van der Waals surface area (Å²) in [6.07, 6.45) is 1.99. The fraction of sp³-hybridized carbons (Fsp3) is 0.208. The van der Waals surface area contributed by atoms with Crippen molar-refractivity contribution in [3.05, 3.63) is 87.1 Å². The first kappa shape index (κ1) is 21.2. The number of thioether (sulfide) groups is 1. The van der Waals surface area contributed by atoms with Crippen LogP contribution in [0.25, 0.3) is 0 Å². The van der Waals surface area contributed by atoms with Crippen molar-refractivity contribution >= 4 is 40.7 Å². The maximum atomic E-state index is 12.8. The molecule has 0 saturated heterocycles. The highest BCUT2D eigenvalue weighted by atomic mass is 35.5. The van der Waals surface area contributed by atoms with Crippen molar-refractivity contribution in [3.63, 3.8) is 0 Å². The summed E-state index contributed by atoms with van der Waals surface area (Å²) in [7, 11) is 0. The van der Waals surface area contributed by atoms with Crippen molar-refractivity contribution in [3.8, 4) is 6.07 Å². The van der Waals surface area contributed by atoms with Crippen LogP contribution in [0.15, 0.2) is 76.5 Å². The van der Waals surface area contributed by atoms with E-state index < -0.39 is 5.92 Å². The molecule has 0 fully saturated rings. The Morgan fingerprint density at radius 3 is 2.61 bits per heavy atom. The molecule has 0 spiro atoms. The number of anilines is 1. The molecule has 2 aromatic rings. The van der Waals surface area contributed by atoms with Crippen LogP contribution in [0.3, 0.4) is 0 Å². The van der Waals surface area contributed by atoms with Crippen molar-refractivity contribution in [2.24, 2.45) is 0 Å². The molecule has 0 radical (unpaired) electrons. The highest BCUT2D eigenvalue weighted by Crippen LogP contribution is 2.44. The minimum atomic E-state index is -0.453. The van der Waals surface area contributed by atoms with Crippen LogP contribution in [-0.2, 0) is 9.59 Å². The zero-order chi connectivity index (χ0) is 21.8. The van der Waals surface area contributed by atoms with E-state index in [4.69, 9.17) is 11.6 Å². The minimum Gasteiger partial charge on any atom is -0.352 e. The average Bonchev–Trinajstić information content (AvgIpc) is 2.78. The molecule has 0 aromatic heterocycles. The van der Waals surface area contributed by atoms with E-state index in [0.29, 0.717) is 27.6 Å². The largest absolute Gasteiger partial charge is 0.352 e. The summed E-state index contributed by atoms with van der Waals surface area (Å²) in [5, 5.41) is 17.4. The van der Waals surface area contributed by atoms with Crippen LogP contribution in [0.1, 0.15) is 30.7 Å². The Bertz CT molecular complexity index is 1120. The molecule has 2 aromatic carbocycles. The Morgan fingerprint density at radius 2 is 1.90 bits per heavy atom. The predicted molar refractivity (Wildman–Crippen MR) is 123 cm³/mol.